The summed E-state index contributed by atoms with van der Waals surface area (Å²) in [5.74, 6) is 1.38. The third-order valence-corrected chi connectivity index (χ3v) is 4.44. The molecule has 0 aliphatic carbocycles. The highest BCUT2D eigenvalue weighted by Crippen LogP contribution is 2.32. The van der Waals surface area contributed by atoms with Crippen LogP contribution in [0.5, 0.6) is 11.5 Å². The van der Waals surface area contributed by atoms with Gasteiger partial charge in [0, 0.05) is 33.0 Å². The summed E-state index contributed by atoms with van der Waals surface area (Å²) >= 11 is 0. The van der Waals surface area contributed by atoms with Gasteiger partial charge in [-0.1, -0.05) is 36.4 Å². The Morgan fingerprint density at radius 3 is 2.59 bits per heavy atom. The molecule has 0 radical (unpaired) electrons. The first kappa shape index (κ1) is 18.8. The lowest BCUT2D eigenvalue weighted by molar-refractivity contribution is -0.130. The predicted molar refractivity (Wildman–Crippen MR) is 101 cm³/mol. The van der Waals surface area contributed by atoms with Gasteiger partial charge in [0.1, 0.15) is 0 Å². The number of amides is 2. The van der Waals surface area contributed by atoms with Crippen molar-refractivity contribution < 1.29 is 19.1 Å². The van der Waals surface area contributed by atoms with Crippen molar-refractivity contribution in [2.24, 2.45) is 0 Å². The van der Waals surface area contributed by atoms with Crippen molar-refractivity contribution in [3.63, 3.8) is 0 Å². The average molecular weight is 368 g/mol. The van der Waals surface area contributed by atoms with Crippen LogP contribution in [0, 0.1) is 0 Å². The fraction of sp³-hybridized carbons (Fsp3) is 0.333. The molecule has 1 N–H and O–H groups in total. The van der Waals surface area contributed by atoms with Gasteiger partial charge in [0.2, 0.25) is 18.6 Å². The summed E-state index contributed by atoms with van der Waals surface area (Å²) in [6, 6.07) is 15.6. The summed E-state index contributed by atoms with van der Waals surface area (Å²) in [5, 5.41) is 2.89. The molecule has 27 heavy (non-hydrogen) atoms. The number of ether oxygens (including phenoxy) is 2. The second kappa shape index (κ2) is 9.07. The molecule has 0 bridgehead atoms. The maximum absolute atomic E-state index is 12.0. The van der Waals surface area contributed by atoms with Crippen molar-refractivity contribution in [3.8, 4) is 11.5 Å². The Bertz CT molecular complexity index is 792. The first-order valence-electron chi connectivity index (χ1n) is 9.06. The quantitative estimate of drug-likeness (QED) is 0.777. The molecule has 3 rings (SSSR count). The zero-order valence-corrected chi connectivity index (χ0v) is 15.4. The Labute approximate surface area is 159 Å². The van der Waals surface area contributed by atoms with Crippen molar-refractivity contribution in [2.75, 3.05) is 19.9 Å². The lowest BCUT2D eigenvalue weighted by Crippen LogP contribution is -2.37. The smallest absolute Gasteiger partial charge is 0.231 e. The standard InChI is InChI=1S/C21H24N2O4/c1-16(24)23(14-18-7-9-19-20(13-18)27-15-26-19)12-11-22-21(25)10-8-17-5-3-2-4-6-17/h2-7,9,13H,8,10-12,14-15H2,1H3,(H,22,25). The number of carbonyl (C=O) groups excluding carboxylic acids is 2. The molecular formula is C21H24N2O4. The number of rotatable bonds is 8. The lowest BCUT2D eigenvalue weighted by Gasteiger charge is -2.21. The van der Waals surface area contributed by atoms with E-state index in [1.807, 2.05) is 48.5 Å². The molecule has 0 atom stereocenters. The monoisotopic (exact) mass is 368 g/mol. The van der Waals surface area contributed by atoms with Crippen LogP contribution in [0.3, 0.4) is 0 Å². The fourth-order valence-corrected chi connectivity index (χ4v) is 2.93. The van der Waals surface area contributed by atoms with Gasteiger partial charge < -0.3 is 19.7 Å². The third kappa shape index (κ3) is 5.48. The maximum Gasteiger partial charge on any atom is 0.231 e. The number of aryl methyl sites for hydroxylation is 1. The highest BCUT2D eigenvalue weighted by Gasteiger charge is 2.16. The van der Waals surface area contributed by atoms with E-state index in [-0.39, 0.29) is 18.6 Å². The molecule has 0 saturated carbocycles. The molecule has 6 nitrogen and oxygen atoms in total. The Kier molecular flexibility index (Phi) is 6.30. The van der Waals surface area contributed by atoms with Gasteiger partial charge in [-0.15, -0.1) is 0 Å². The highest BCUT2D eigenvalue weighted by atomic mass is 16.7. The van der Waals surface area contributed by atoms with Crippen LogP contribution in [-0.4, -0.2) is 36.6 Å². The molecule has 1 aliphatic heterocycles. The Morgan fingerprint density at radius 2 is 1.81 bits per heavy atom. The summed E-state index contributed by atoms with van der Waals surface area (Å²) < 4.78 is 10.7. The summed E-state index contributed by atoms with van der Waals surface area (Å²) in [7, 11) is 0. The predicted octanol–water partition coefficient (Wildman–Crippen LogP) is 2.51. The number of nitrogens with zero attached hydrogens (tertiary/aromatic N) is 1. The summed E-state index contributed by atoms with van der Waals surface area (Å²) in [4.78, 5) is 25.6. The zero-order valence-electron chi connectivity index (χ0n) is 15.4. The molecule has 0 saturated heterocycles. The van der Waals surface area contributed by atoms with E-state index in [9.17, 15) is 9.59 Å². The Morgan fingerprint density at radius 1 is 1.04 bits per heavy atom. The molecule has 2 aromatic carbocycles. The minimum atomic E-state index is -0.0359. The molecule has 2 aromatic rings. The second-order valence-corrected chi connectivity index (χ2v) is 6.46. The van der Waals surface area contributed by atoms with Gasteiger partial charge in [-0.3, -0.25) is 9.59 Å². The van der Waals surface area contributed by atoms with Crippen LogP contribution in [0.2, 0.25) is 0 Å². The Balaban J connectivity index is 1.44. The van der Waals surface area contributed by atoms with E-state index in [1.165, 1.54) is 6.92 Å². The van der Waals surface area contributed by atoms with E-state index in [2.05, 4.69) is 5.32 Å². The molecule has 1 aliphatic rings. The Hall–Kier alpha value is -3.02. The lowest BCUT2D eigenvalue weighted by atomic mass is 10.1. The molecule has 1 heterocycles. The van der Waals surface area contributed by atoms with E-state index in [0.717, 1.165) is 16.9 Å². The van der Waals surface area contributed by atoms with E-state index < -0.39 is 0 Å². The van der Waals surface area contributed by atoms with Crippen LogP contribution in [0.25, 0.3) is 0 Å². The van der Waals surface area contributed by atoms with Crippen molar-refractivity contribution in [1.29, 1.82) is 0 Å². The SMILES string of the molecule is CC(=O)N(CCNC(=O)CCc1ccccc1)Cc1ccc2c(c1)OCO2. The number of nitrogens with one attached hydrogen (secondary N) is 1. The van der Waals surface area contributed by atoms with Crippen LogP contribution in [0.4, 0.5) is 0 Å². The van der Waals surface area contributed by atoms with E-state index in [0.29, 0.717) is 38.2 Å². The largest absolute Gasteiger partial charge is 0.454 e. The molecule has 0 unspecified atom stereocenters. The molecule has 0 aromatic heterocycles. The van der Waals surface area contributed by atoms with E-state index >= 15 is 0 Å². The van der Waals surface area contributed by atoms with Crippen molar-refractivity contribution in [2.45, 2.75) is 26.3 Å². The number of carbonyl (C=O) groups is 2. The van der Waals surface area contributed by atoms with Crippen molar-refractivity contribution in [1.82, 2.24) is 10.2 Å². The molecule has 142 valence electrons. The number of fused-ring (bicyclic) bond motifs is 1. The molecular weight excluding hydrogens is 344 g/mol. The minimum Gasteiger partial charge on any atom is -0.454 e. The van der Waals surface area contributed by atoms with Gasteiger partial charge in [-0.05, 0) is 29.7 Å². The zero-order chi connectivity index (χ0) is 19.1. The minimum absolute atomic E-state index is 0.00886. The normalized spacial score (nSPS) is 11.9. The second-order valence-electron chi connectivity index (χ2n) is 6.46. The van der Waals surface area contributed by atoms with E-state index in [4.69, 9.17) is 9.47 Å². The van der Waals surface area contributed by atoms with E-state index in [1.54, 1.807) is 4.90 Å². The molecule has 0 spiro atoms. The van der Waals surface area contributed by atoms with Gasteiger partial charge in [-0.25, -0.2) is 0 Å². The van der Waals surface area contributed by atoms with Crippen LogP contribution in [-0.2, 0) is 22.6 Å². The highest BCUT2D eigenvalue weighted by molar-refractivity contribution is 5.76. The fourth-order valence-electron chi connectivity index (χ4n) is 2.93. The van der Waals surface area contributed by atoms with Gasteiger partial charge in [-0.2, -0.15) is 0 Å². The van der Waals surface area contributed by atoms with Crippen LogP contribution < -0.4 is 14.8 Å². The van der Waals surface area contributed by atoms with Crippen LogP contribution >= 0.6 is 0 Å². The van der Waals surface area contributed by atoms with Crippen molar-refractivity contribution in [3.05, 3.63) is 59.7 Å². The number of hydrogen-bond donors (Lipinski definition) is 1. The summed E-state index contributed by atoms with van der Waals surface area (Å²) in [5.41, 5.74) is 2.10. The third-order valence-electron chi connectivity index (χ3n) is 4.44. The van der Waals surface area contributed by atoms with Gasteiger partial charge in [0.25, 0.3) is 0 Å². The van der Waals surface area contributed by atoms with Crippen LogP contribution in [0.1, 0.15) is 24.5 Å². The first-order valence-corrected chi connectivity index (χ1v) is 9.06. The topological polar surface area (TPSA) is 67.9 Å². The number of hydrogen-bond acceptors (Lipinski definition) is 4. The average Bonchev–Trinajstić information content (AvgIpc) is 3.14. The molecule has 6 heteroatoms. The van der Waals surface area contributed by atoms with Gasteiger partial charge >= 0.3 is 0 Å². The van der Waals surface area contributed by atoms with Crippen molar-refractivity contribution >= 4 is 11.8 Å². The number of benzene rings is 2. The first-order chi connectivity index (χ1) is 13.1. The maximum atomic E-state index is 12.0. The summed E-state index contributed by atoms with van der Waals surface area (Å²) in [6.45, 7) is 3.11. The van der Waals surface area contributed by atoms with Crippen LogP contribution in [0.15, 0.2) is 48.5 Å². The summed E-state index contributed by atoms with van der Waals surface area (Å²) in [6.07, 6.45) is 1.15. The molecule has 0 fully saturated rings. The van der Waals surface area contributed by atoms with Gasteiger partial charge in [0.15, 0.2) is 11.5 Å². The van der Waals surface area contributed by atoms with Gasteiger partial charge in [0.05, 0.1) is 0 Å². The molecule has 2 amide bonds.